The second kappa shape index (κ2) is 5.92. The molecule has 0 aliphatic carbocycles. The number of rotatable bonds is 5. The van der Waals surface area contributed by atoms with Gasteiger partial charge in [0, 0.05) is 18.7 Å². The summed E-state index contributed by atoms with van der Waals surface area (Å²) >= 11 is 0. The van der Waals surface area contributed by atoms with E-state index in [1.54, 1.807) is 18.2 Å². The van der Waals surface area contributed by atoms with Crippen molar-refractivity contribution in [3.63, 3.8) is 0 Å². The minimum atomic E-state index is -0.501. The van der Waals surface area contributed by atoms with Crippen LogP contribution in [0, 0.1) is 5.82 Å². The van der Waals surface area contributed by atoms with Crippen molar-refractivity contribution in [1.29, 1.82) is 0 Å². The minimum absolute atomic E-state index is 0.214. The Morgan fingerprint density at radius 3 is 2.92 bits per heavy atom. The van der Waals surface area contributed by atoms with Gasteiger partial charge in [0.1, 0.15) is 11.6 Å². The van der Waals surface area contributed by atoms with Gasteiger partial charge in [-0.25, -0.2) is 9.18 Å². The van der Waals surface area contributed by atoms with Crippen molar-refractivity contribution >= 4 is 11.1 Å². The second-order valence-corrected chi connectivity index (χ2v) is 5.35. The fourth-order valence-corrected chi connectivity index (χ4v) is 2.63. The number of aromatic nitrogens is 1. The Balaban J connectivity index is 1.40. The highest BCUT2D eigenvalue weighted by Crippen LogP contribution is 2.35. The molecule has 0 saturated carbocycles. The second-order valence-electron chi connectivity index (χ2n) is 5.35. The molecule has 24 heavy (non-hydrogen) atoms. The molecule has 0 N–H and O–H groups in total. The summed E-state index contributed by atoms with van der Waals surface area (Å²) in [4.78, 5) is 11.8. The van der Waals surface area contributed by atoms with Crippen LogP contribution in [0.5, 0.6) is 17.2 Å². The Morgan fingerprint density at radius 1 is 1.12 bits per heavy atom. The van der Waals surface area contributed by atoms with Crippen LogP contribution in [0.1, 0.15) is 6.42 Å². The first-order valence-corrected chi connectivity index (χ1v) is 7.52. The van der Waals surface area contributed by atoms with Crippen LogP contribution < -0.4 is 20.0 Å². The SMILES string of the molecule is O=c1oc2ccc(F)cc2n1CCCOc1ccc2c(c1)OCO2. The fraction of sp³-hybridized carbons (Fsp3) is 0.235. The topological polar surface area (TPSA) is 62.8 Å². The van der Waals surface area contributed by atoms with E-state index in [1.165, 1.54) is 22.8 Å². The van der Waals surface area contributed by atoms with Gasteiger partial charge in [0.05, 0.1) is 12.1 Å². The lowest BCUT2D eigenvalue weighted by molar-refractivity contribution is 0.173. The van der Waals surface area contributed by atoms with Gasteiger partial charge < -0.3 is 18.6 Å². The van der Waals surface area contributed by atoms with Gasteiger partial charge in [0.25, 0.3) is 0 Å². The third-order valence-electron chi connectivity index (χ3n) is 3.77. The molecule has 7 heteroatoms. The van der Waals surface area contributed by atoms with E-state index in [4.69, 9.17) is 18.6 Å². The Labute approximate surface area is 136 Å². The van der Waals surface area contributed by atoms with Gasteiger partial charge in [-0.3, -0.25) is 4.57 Å². The summed E-state index contributed by atoms with van der Waals surface area (Å²) in [6.07, 6.45) is 0.569. The summed E-state index contributed by atoms with van der Waals surface area (Å²) < 4.78 is 36.0. The van der Waals surface area contributed by atoms with Crippen LogP contribution in [0.4, 0.5) is 4.39 Å². The summed E-state index contributed by atoms with van der Waals surface area (Å²) in [5.74, 6) is 1.10. The van der Waals surface area contributed by atoms with Crippen LogP contribution in [0.15, 0.2) is 45.6 Å². The summed E-state index contributed by atoms with van der Waals surface area (Å²) in [5.41, 5.74) is 0.821. The maximum Gasteiger partial charge on any atom is 0.419 e. The summed E-state index contributed by atoms with van der Waals surface area (Å²) in [6.45, 7) is 0.986. The van der Waals surface area contributed by atoms with E-state index in [-0.39, 0.29) is 6.79 Å². The molecule has 1 aliphatic heterocycles. The molecule has 0 unspecified atom stereocenters. The standard InChI is InChI=1S/C17H14FNO5/c18-11-2-4-14-13(8-11)19(17(20)24-14)6-1-7-21-12-3-5-15-16(9-12)23-10-22-15/h2-5,8-9H,1,6-7,10H2. The van der Waals surface area contributed by atoms with Crippen LogP contribution in [0.2, 0.25) is 0 Å². The number of hydrogen-bond acceptors (Lipinski definition) is 5. The molecule has 2 aromatic carbocycles. The highest BCUT2D eigenvalue weighted by molar-refractivity contribution is 5.72. The number of halogens is 1. The predicted molar refractivity (Wildman–Crippen MR) is 83.1 cm³/mol. The molecule has 0 saturated heterocycles. The van der Waals surface area contributed by atoms with Crippen LogP contribution in [-0.4, -0.2) is 18.0 Å². The molecule has 1 aromatic heterocycles. The number of ether oxygens (including phenoxy) is 3. The molecular weight excluding hydrogens is 317 g/mol. The molecule has 6 nitrogen and oxygen atoms in total. The average molecular weight is 331 g/mol. The number of nitrogens with zero attached hydrogens (tertiary/aromatic N) is 1. The van der Waals surface area contributed by atoms with Crippen molar-refractivity contribution in [2.45, 2.75) is 13.0 Å². The number of hydrogen-bond donors (Lipinski definition) is 0. The third kappa shape index (κ3) is 2.68. The van der Waals surface area contributed by atoms with Crippen molar-refractivity contribution in [3.05, 3.63) is 52.8 Å². The first-order valence-electron chi connectivity index (χ1n) is 7.52. The van der Waals surface area contributed by atoms with Crippen LogP contribution >= 0.6 is 0 Å². The number of benzene rings is 2. The largest absolute Gasteiger partial charge is 0.493 e. The normalized spacial score (nSPS) is 12.7. The van der Waals surface area contributed by atoms with Crippen molar-refractivity contribution in [1.82, 2.24) is 4.57 Å². The van der Waals surface area contributed by atoms with E-state index in [1.807, 2.05) is 0 Å². The maximum absolute atomic E-state index is 13.3. The van der Waals surface area contributed by atoms with E-state index in [9.17, 15) is 9.18 Å². The van der Waals surface area contributed by atoms with Gasteiger partial charge in [-0.1, -0.05) is 0 Å². The van der Waals surface area contributed by atoms with Gasteiger partial charge in [-0.15, -0.1) is 0 Å². The predicted octanol–water partition coefficient (Wildman–Crippen LogP) is 2.93. The minimum Gasteiger partial charge on any atom is -0.493 e. The van der Waals surface area contributed by atoms with Crippen molar-refractivity contribution < 1.29 is 23.0 Å². The molecule has 0 bridgehead atoms. The Hall–Kier alpha value is -2.96. The molecule has 0 amide bonds. The summed E-state index contributed by atoms with van der Waals surface area (Å²) in [5, 5.41) is 0. The highest BCUT2D eigenvalue weighted by atomic mass is 19.1. The molecular formula is C17H14FNO5. The van der Waals surface area contributed by atoms with Crippen molar-refractivity contribution in [2.24, 2.45) is 0 Å². The lowest BCUT2D eigenvalue weighted by atomic mass is 10.3. The van der Waals surface area contributed by atoms with Crippen LogP contribution in [-0.2, 0) is 6.54 Å². The summed E-state index contributed by atoms with van der Waals surface area (Å²) in [6, 6.07) is 9.34. The molecule has 0 radical (unpaired) electrons. The quantitative estimate of drug-likeness (QED) is 0.673. The van der Waals surface area contributed by atoms with Gasteiger partial charge in [0.2, 0.25) is 6.79 Å². The fourth-order valence-electron chi connectivity index (χ4n) is 2.63. The Morgan fingerprint density at radius 2 is 2.00 bits per heavy atom. The van der Waals surface area contributed by atoms with Gasteiger partial charge in [0.15, 0.2) is 17.1 Å². The molecule has 4 rings (SSSR count). The number of fused-ring (bicyclic) bond motifs is 2. The van der Waals surface area contributed by atoms with Crippen molar-refractivity contribution in [3.8, 4) is 17.2 Å². The zero-order valence-corrected chi connectivity index (χ0v) is 12.7. The Kier molecular flexibility index (Phi) is 3.60. The smallest absolute Gasteiger partial charge is 0.419 e. The van der Waals surface area contributed by atoms with E-state index < -0.39 is 11.6 Å². The molecule has 1 aliphatic rings. The van der Waals surface area contributed by atoms with Crippen LogP contribution in [0.25, 0.3) is 11.1 Å². The van der Waals surface area contributed by atoms with Gasteiger partial charge in [-0.05, 0) is 30.7 Å². The first kappa shape index (κ1) is 14.6. The molecule has 2 heterocycles. The number of oxazole rings is 1. The van der Waals surface area contributed by atoms with E-state index >= 15 is 0 Å². The first-order chi connectivity index (χ1) is 11.7. The number of aryl methyl sites for hydroxylation is 1. The summed E-state index contributed by atoms with van der Waals surface area (Å²) in [7, 11) is 0. The molecule has 3 aromatic rings. The van der Waals surface area contributed by atoms with E-state index in [0.717, 1.165) is 0 Å². The zero-order chi connectivity index (χ0) is 16.5. The van der Waals surface area contributed by atoms with E-state index in [2.05, 4.69) is 0 Å². The highest BCUT2D eigenvalue weighted by Gasteiger charge is 2.14. The molecule has 0 atom stereocenters. The van der Waals surface area contributed by atoms with Crippen LogP contribution in [0.3, 0.4) is 0 Å². The molecule has 0 spiro atoms. The van der Waals surface area contributed by atoms with E-state index in [0.29, 0.717) is 47.9 Å². The maximum atomic E-state index is 13.3. The monoisotopic (exact) mass is 331 g/mol. The Bertz CT molecular complexity index is 946. The zero-order valence-electron chi connectivity index (χ0n) is 12.7. The third-order valence-corrected chi connectivity index (χ3v) is 3.77. The molecule has 0 fully saturated rings. The lowest BCUT2D eigenvalue weighted by Gasteiger charge is -2.07. The van der Waals surface area contributed by atoms with Gasteiger partial charge >= 0.3 is 5.76 Å². The van der Waals surface area contributed by atoms with Crippen molar-refractivity contribution in [2.75, 3.05) is 13.4 Å². The van der Waals surface area contributed by atoms with Gasteiger partial charge in [-0.2, -0.15) is 0 Å². The average Bonchev–Trinajstić information content (AvgIpc) is 3.15. The molecule has 124 valence electrons. The lowest BCUT2D eigenvalue weighted by Crippen LogP contribution is -2.15.